The van der Waals surface area contributed by atoms with Crippen LogP contribution in [0.5, 0.6) is 11.5 Å². The molecular formula is C24H22F2N6O2. The van der Waals surface area contributed by atoms with Crippen LogP contribution < -0.4 is 19.7 Å². The van der Waals surface area contributed by atoms with E-state index in [1.54, 1.807) is 28.9 Å². The fourth-order valence-electron chi connectivity index (χ4n) is 4.31. The minimum Gasteiger partial charge on any atom is -0.395 e. The first-order valence-electron chi connectivity index (χ1n) is 11.0. The van der Waals surface area contributed by atoms with Crippen molar-refractivity contribution in [1.82, 2.24) is 19.5 Å². The summed E-state index contributed by atoms with van der Waals surface area (Å²) in [6, 6.07) is 16.5. The van der Waals surface area contributed by atoms with Gasteiger partial charge in [0.15, 0.2) is 11.5 Å². The first-order valence-corrected chi connectivity index (χ1v) is 11.0. The number of nitrogens with zero attached hydrogens (tertiary/aromatic N) is 5. The summed E-state index contributed by atoms with van der Waals surface area (Å²) < 4.78 is 38.4. The lowest BCUT2D eigenvalue weighted by atomic mass is 10.1. The number of rotatable bonds is 4. The summed E-state index contributed by atoms with van der Waals surface area (Å²) in [7, 11) is 2.13. The van der Waals surface area contributed by atoms with Gasteiger partial charge in [0, 0.05) is 43.1 Å². The number of fused-ring (bicyclic) bond motifs is 2. The molecule has 4 heterocycles. The largest absolute Gasteiger partial charge is 0.586 e. The molecule has 1 N–H and O–H groups in total. The molecule has 2 aliphatic heterocycles. The van der Waals surface area contributed by atoms with Crippen molar-refractivity contribution in [2.45, 2.75) is 6.29 Å². The second kappa shape index (κ2) is 7.84. The highest BCUT2D eigenvalue weighted by Gasteiger charge is 2.44. The van der Waals surface area contributed by atoms with E-state index in [2.05, 4.69) is 49.1 Å². The molecule has 0 unspecified atom stereocenters. The van der Waals surface area contributed by atoms with Crippen LogP contribution in [0.1, 0.15) is 0 Å². The van der Waals surface area contributed by atoms with Crippen molar-refractivity contribution in [1.29, 1.82) is 0 Å². The van der Waals surface area contributed by atoms with E-state index in [4.69, 9.17) is 4.74 Å². The van der Waals surface area contributed by atoms with Crippen molar-refractivity contribution >= 4 is 22.8 Å². The molecule has 0 saturated carbocycles. The van der Waals surface area contributed by atoms with Gasteiger partial charge in [0.1, 0.15) is 0 Å². The summed E-state index contributed by atoms with van der Waals surface area (Å²) in [4.78, 5) is 9.09. The van der Waals surface area contributed by atoms with Crippen molar-refractivity contribution in [3.8, 4) is 22.8 Å². The van der Waals surface area contributed by atoms with Gasteiger partial charge in [-0.15, -0.1) is 13.9 Å². The molecule has 2 aliphatic rings. The molecule has 174 valence electrons. The van der Waals surface area contributed by atoms with Crippen LogP contribution in [0.4, 0.5) is 26.1 Å². The number of para-hydroxylation sites is 1. The smallest absolute Gasteiger partial charge is 0.395 e. The van der Waals surface area contributed by atoms with E-state index < -0.39 is 6.29 Å². The second-order valence-electron chi connectivity index (χ2n) is 8.40. The first kappa shape index (κ1) is 20.7. The van der Waals surface area contributed by atoms with E-state index in [9.17, 15) is 8.78 Å². The van der Waals surface area contributed by atoms with Crippen molar-refractivity contribution in [2.24, 2.45) is 0 Å². The molecule has 6 rings (SSSR count). The zero-order valence-corrected chi connectivity index (χ0v) is 18.4. The molecule has 1 fully saturated rings. The van der Waals surface area contributed by atoms with Gasteiger partial charge in [0.25, 0.3) is 0 Å². The molecular weight excluding hydrogens is 442 g/mol. The maximum absolute atomic E-state index is 13.7. The third-order valence-corrected chi connectivity index (χ3v) is 6.07. The summed E-state index contributed by atoms with van der Waals surface area (Å²) in [5.74, 6) is 0.363. The Hall–Kier alpha value is -3.92. The lowest BCUT2D eigenvalue weighted by Gasteiger charge is -2.34. The molecule has 4 aromatic rings. The number of halogens is 2. The SMILES string of the molecule is CN1CCN(c2cccc(Nc3ncc4ccc(-c5cccc6c5OC(F)(F)O6)n4n3)c2)CC1. The quantitative estimate of drug-likeness (QED) is 0.485. The van der Waals surface area contributed by atoms with Gasteiger partial charge >= 0.3 is 6.29 Å². The predicted octanol–water partition coefficient (Wildman–Crippen LogP) is 4.21. The Balaban J connectivity index is 1.31. The molecule has 34 heavy (non-hydrogen) atoms. The number of aromatic nitrogens is 3. The van der Waals surface area contributed by atoms with Crippen LogP contribution in [0.2, 0.25) is 0 Å². The van der Waals surface area contributed by atoms with Gasteiger partial charge in [-0.05, 0) is 49.5 Å². The number of likely N-dealkylation sites (N-methyl/N-ethyl adjacent to an activating group) is 1. The standard InChI is InChI=1S/C24H22F2N6O2/c1-30-10-12-31(13-11-30)17-5-2-4-16(14-17)28-23-27-15-18-8-9-20(32(18)29-23)19-6-3-7-21-22(19)34-24(25,26)33-21/h2-9,14-15H,10-13H2,1H3,(H,28,29). The Labute approximate surface area is 194 Å². The normalized spacial score (nSPS) is 17.3. The van der Waals surface area contributed by atoms with E-state index in [-0.39, 0.29) is 11.5 Å². The fourth-order valence-corrected chi connectivity index (χ4v) is 4.31. The number of nitrogens with one attached hydrogen (secondary N) is 1. The number of hydrogen-bond donors (Lipinski definition) is 1. The van der Waals surface area contributed by atoms with Crippen LogP contribution in [0.25, 0.3) is 16.8 Å². The highest BCUT2D eigenvalue weighted by Crippen LogP contribution is 2.47. The number of anilines is 3. The zero-order chi connectivity index (χ0) is 23.3. The van der Waals surface area contributed by atoms with E-state index in [0.717, 1.165) is 43.1 Å². The maximum Gasteiger partial charge on any atom is 0.586 e. The molecule has 2 aromatic heterocycles. The van der Waals surface area contributed by atoms with Gasteiger partial charge in [-0.2, -0.15) is 0 Å². The zero-order valence-electron chi connectivity index (χ0n) is 18.4. The van der Waals surface area contributed by atoms with Crippen LogP contribution >= 0.6 is 0 Å². The lowest BCUT2D eigenvalue weighted by Crippen LogP contribution is -2.44. The summed E-state index contributed by atoms with van der Waals surface area (Å²) in [5, 5.41) is 7.87. The van der Waals surface area contributed by atoms with Gasteiger partial charge < -0.3 is 24.6 Å². The van der Waals surface area contributed by atoms with Crippen LogP contribution in [-0.2, 0) is 0 Å². The predicted molar refractivity (Wildman–Crippen MR) is 124 cm³/mol. The van der Waals surface area contributed by atoms with Gasteiger partial charge in [0.05, 0.1) is 17.4 Å². The Kier molecular flexibility index (Phi) is 4.77. The topological polar surface area (TPSA) is 67.2 Å². The average Bonchev–Trinajstić information content (AvgIpc) is 3.38. The molecule has 0 spiro atoms. The van der Waals surface area contributed by atoms with E-state index in [1.165, 1.54) is 6.07 Å². The molecule has 0 bridgehead atoms. The maximum atomic E-state index is 13.7. The lowest BCUT2D eigenvalue weighted by molar-refractivity contribution is -0.286. The Morgan fingerprint density at radius 3 is 2.65 bits per heavy atom. The van der Waals surface area contributed by atoms with Crippen LogP contribution in [-0.4, -0.2) is 59.0 Å². The second-order valence-corrected chi connectivity index (χ2v) is 8.40. The van der Waals surface area contributed by atoms with Crippen molar-refractivity contribution in [2.75, 3.05) is 43.4 Å². The number of ether oxygens (including phenoxy) is 2. The molecule has 1 saturated heterocycles. The monoisotopic (exact) mass is 464 g/mol. The first-order chi connectivity index (χ1) is 16.4. The summed E-state index contributed by atoms with van der Waals surface area (Å²) in [6.45, 7) is 4.00. The van der Waals surface area contributed by atoms with E-state index in [0.29, 0.717) is 17.2 Å². The third kappa shape index (κ3) is 3.75. The Bertz CT molecular complexity index is 1370. The summed E-state index contributed by atoms with van der Waals surface area (Å²) >= 11 is 0. The van der Waals surface area contributed by atoms with Crippen molar-refractivity contribution in [3.63, 3.8) is 0 Å². The van der Waals surface area contributed by atoms with Gasteiger partial charge in [0.2, 0.25) is 5.95 Å². The van der Waals surface area contributed by atoms with E-state index in [1.807, 2.05) is 18.2 Å². The molecule has 8 nitrogen and oxygen atoms in total. The summed E-state index contributed by atoms with van der Waals surface area (Å²) in [6.07, 6.45) is -2.01. The molecule has 10 heteroatoms. The van der Waals surface area contributed by atoms with Crippen LogP contribution in [0.3, 0.4) is 0 Å². The number of piperazine rings is 1. The minimum absolute atomic E-state index is 0.00873. The fraction of sp³-hybridized carbons (Fsp3) is 0.250. The number of benzene rings is 2. The third-order valence-electron chi connectivity index (χ3n) is 6.07. The van der Waals surface area contributed by atoms with Crippen molar-refractivity contribution < 1.29 is 18.3 Å². The molecule has 0 aliphatic carbocycles. The molecule has 0 atom stereocenters. The highest BCUT2D eigenvalue weighted by atomic mass is 19.3. The molecule has 2 aromatic carbocycles. The Morgan fingerprint density at radius 2 is 1.79 bits per heavy atom. The average molecular weight is 464 g/mol. The molecule has 0 radical (unpaired) electrons. The highest BCUT2D eigenvalue weighted by molar-refractivity contribution is 5.75. The van der Waals surface area contributed by atoms with Crippen molar-refractivity contribution in [3.05, 3.63) is 60.8 Å². The summed E-state index contributed by atoms with van der Waals surface area (Å²) in [5.41, 5.74) is 3.76. The Morgan fingerprint density at radius 1 is 0.971 bits per heavy atom. The van der Waals surface area contributed by atoms with Crippen LogP contribution in [0, 0.1) is 0 Å². The minimum atomic E-state index is -3.69. The van der Waals surface area contributed by atoms with Gasteiger partial charge in [-0.25, -0.2) is 9.50 Å². The molecule has 0 amide bonds. The number of alkyl halides is 2. The van der Waals surface area contributed by atoms with Gasteiger partial charge in [-0.1, -0.05) is 12.1 Å². The number of hydrogen-bond acceptors (Lipinski definition) is 7. The van der Waals surface area contributed by atoms with Crippen LogP contribution in [0.15, 0.2) is 60.8 Å². The van der Waals surface area contributed by atoms with Gasteiger partial charge in [-0.3, -0.25) is 0 Å². The van der Waals surface area contributed by atoms with E-state index >= 15 is 0 Å².